The summed E-state index contributed by atoms with van der Waals surface area (Å²) in [6.45, 7) is 0.424. The first kappa shape index (κ1) is 27.7. The Morgan fingerprint density at radius 3 is 2.17 bits per heavy atom. The Morgan fingerprint density at radius 1 is 0.944 bits per heavy atom. The number of ether oxygens (including phenoxy) is 4. The van der Waals surface area contributed by atoms with Crippen LogP contribution in [0.1, 0.15) is 0 Å². The second-order valence-corrected chi connectivity index (χ2v) is 11.7. The molecule has 1 amide bonds. The fourth-order valence-corrected chi connectivity index (χ4v) is 6.26. The molecular weight excluding hydrogens is 514 g/mol. The number of anilines is 1. The summed E-state index contributed by atoms with van der Waals surface area (Å²) in [5.74, 6) is 0.0388. The van der Waals surface area contributed by atoms with Crippen molar-refractivity contribution in [3.05, 3.63) is 36.4 Å². The Hall–Kier alpha value is -2.91. The fraction of sp³-hybridized carbons (Fsp3) is 0.409. The van der Waals surface area contributed by atoms with E-state index in [-0.39, 0.29) is 53.3 Å². The molecule has 2 aromatic carbocycles. The monoisotopic (exact) mass is 543 g/mol. The Kier molecular flexibility index (Phi) is 8.79. The van der Waals surface area contributed by atoms with Gasteiger partial charge in [-0.05, 0) is 30.3 Å². The van der Waals surface area contributed by atoms with Gasteiger partial charge in [0.15, 0.2) is 11.5 Å². The van der Waals surface area contributed by atoms with E-state index in [0.717, 1.165) is 4.31 Å². The second kappa shape index (κ2) is 11.4. The summed E-state index contributed by atoms with van der Waals surface area (Å²) < 4.78 is 75.1. The highest BCUT2D eigenvalue weighted by Crippen LogP contribution is 2.31. The predicted molar refractivity (Wildman–Crippen MR) is 131 cm³/mol. The molecule has 0 unspecified atom stereocenters. The SMILES string of the molecule is COc1ccc(S(=O)(=O)N(C)CC(=O)Nc2ccc(OC)c(S(=O)(=O)N3CCOCC3)c2)cc1OC. The van der Waals surface area contributed by atoms with Gasteiger partial charge in [-0.15, -0.1) is 0 Å². The van der Waals surface area contributed by atoms with Gasteiger partial charge < -0.3 is 24.3 Å². The first-order chi connectivity index (χ1) is 17.0. The maximum atomic E-state index is 13.1. The number of carbonyl (C=O) groups is 1. The average Bonchev–Trinajstić information content (AvgIpc) is 2.88. The maximum absolute atomic E-state index is 13.1. The standard InChI is InChI=1S/C22H29N3O9S2/c1-24(35(27,28)17-6-8-18(31-2)20(14-17)33-4)15-22(26)23-16-5-7-19(32-3)21(13-16)36(29,30)25-9-11-34-12-10-25/h5-8,13-14H,9-12,15H2,1-4H3,(H,23,26). The Labute approximate surface area is 210 Å². The molecule has 1 saturated heterocycles. The summed E-state index contributed by atoms with van der Waals surface area (Å²) in [6.07, 6.45) is 0. The van der Waals surface area contributed by atoms with Gasteiger partial charge in [0, 0.05) is 31.9 Å². The quantitative estimate of drug-likeness (QED) is 0.464. The number of hydrogen-bond donors (Lipinski definition) is 1. The van der Waals surface area contributed by atoms with Gasteiger partial charge in [-0.3, -0.25) is 4.79 Å². The van der Waals surface area contributed by atoms with Crippen LogP contribution in [-0.2, 0) is 29.6 Å². The molecule has 1 aliphatic heterocycles. The third kappa shape index (κ3) is 5.90. The van der Waals surface area contributed by atoms with Gasteiger partial charge in [0.05, 0.1) is 46.0 Å². The fourth-order valence-electron chi connectivity index (χ4n) is 3.53. The van der Waals surface area contributed by atoms with Crippen LogP contribution >= 0.6 is 0 Å². The molecule has 2 aromatic rings. The molecule has 0 spiro atoms. The summed E-state index contributed by atoms with van der Waals surface area (Å²) in [7, 11) is -2.53. The summed E-state index contributed by atoms with van der Waals surface area (Å²) in [5.41, 5.74) is 0.171. The lowest BCUT2D eigenvalue weighted by molar-refractivity contribution is -0.116. The molecule has 1 aliphatic rings. The van der Waals surface area contributed by atoms with Crippen LogP contribution in [0.2, 0.25) is 0 Å². The maximum Gasteiger partial charge on any atom is 0.246 e. The zero-order valence-electron chi connectivity index (χ0n) is 20.4. The first-order valence-corrected chi connectivity index (χ1v) is 13.7. The van der Waals surface area contributed by atoms with Gasteiger partial charge in [-0.25, -0.2) is 16.8 Å². The lowest BCUT2D eigenvalue weighted by Gasteiger charge is -2.27. The van der Waals surface area contributed by atoms with Crippen molar-refractivity contribution in [3.63, 3.8) is 0 Å². The Morgan fingerprint density at radius 2 is 1.56 bits per heavy atom. The van der Waals surface area contributed by atoms with E-state index in [0.29, 0.717) is 5.75 Å². The number of nitrogens with zero attached hydrogens (tertiary/aromatic N) is 2. The van der Waals surface area contributed by atoms with Crippen LogP contribution in [0.4, 0.5) is 5.69 Å². The van der Waals surface area contributed by atoms with Crippen molar-refractivity contribution in [1.82, 2.24) is 8.61 Å². The number of morpholine rings is 1. The van der Waals surface area contributed by atoms with E-state index >= 15 is 0 Å². The van der Waals surface area contributed by atoms with Crippen LogP contribution in [-0.4, -0.2) is 92.6 Å². The van der Waals surface area contributed by atoms with Crippen LogP contribution in [0.5, 0.6) is 17.2 Å². The van der Waals surface area contributed by atoms with Gasteiger partial charge in [0.2, 0.25) is 26.0 Å². The minimum Gasteiger partial charge on any atom is -0.495 e. The molecule has 36 heavy (non-hydrogen) atoms. The first-order valence-electron chi connectivity index (χ1n) is 10.8. The van der Waals surface area contributed by atoms with Crippen molar-refractivity contribution < 1.29 is 40.6 Å². The van der Waals surface area contributed by atoms with Gasteiger partial charge in [-0.2, -0.15) is 8.61 Å². The smallest absolute Gasteiger partial charge is 0.246 e. The number of likely N-dealkylation sites (N-methyl/N-ethyl adjacent to an activating group) is 1. The minimum absolute atomic E-state index is 0.0845. The molecule has 14 heteroatoms. The van der Waals surface area contributed by atoms with E-state index in [4.69, 9.17) is 18.9 Å². The van der Waals surface area contributed by atoms with E-state index < -0.39 is 32.5 Å². The number of hydrogen-bond acceptors (Lipinski definition) is 9. The van der Waals surface area contributed by atoms with Gasteiger partial charge >= 0.3 is 0 Å². The lowest BCUT2D eigenvalue weighted by atomic mass is 10.3. The van der Waals surface area contributed by atoms with E-state index in [1.54, 1.807) is 0 Å². The van der Waals surface area contributed by atoms with Gasteiger partial charge in [0.1, 0.15) is 10.6 Å². The molecule has 0 aliphatic carbocycles. The number of carbonyl (C=O) groups excluding carboxylic acids is 1. The molecule has 12 nitrogen and oxygen atoms in total. The molecule has 198 valence electrons. The van der Waals surface area contributed by atoms with Crippen LogP contribution in [0.3, 0.4) is 0 Å². The third-order valence-corrected chi connectivity index (χ3v) is 9.18. The minimum atomic E-state index is -4.04. The number of sulfonamides is 2. The normalized spacial score (nSPS) is 14.9. The van der Waals surface area contributed by atoms with Crippen LogP contribution in [0.15, 0.2) is 46.2 Å². The van der Waals surface area contributed by atoms with E-state index in [9.17, 15) is 21.6 Å². The summed E-state index contributed by atoms with van der Waals surface area (Å²) in [4.78, 5) is 12.5. The second-order valence-electron chi connectivity index (χ2n) is 7.71. The molecule has 1 fully saturated rings. The lowest BCUT2D eigenvalue weighted by Crippen LogP contribution is -2.40. The zero-order valence-corrected chi connectivity index (χ0v) is 22.0. The number of methoxy groups -OCH3 is 3. The zero-order chi connectivity index (χ0) is 26.5. The van der Waals surface area contributed by atoms with Gasteiger partial charge in [-0.1, -0.05) is 0 Å². The number of amides is 1. The largest absolute Gasteiger partial charge is 0.495 e. The Balaban J connectivity index is 1.78. The summed E-state index contributed by atoms with van der Waals surface area (Å²) >= 11 is 0. The number of rotatable bonds is 10. The van der Waals surface area contributed by atoms with Crippen LogP contribution in [0, 0.1) is 0 Å². The van der Waals surface area contributed by atoms with Crippen molar-refractivity contribution in [2.45, 2.75) is 9.79 Å². The topological polar surface area (TPSA) is 141 Å². The van der Waals surface area contributed by atoms with E-state index in [2.05, 4.69) is 5.32 Å². The molecule has 1 N–H and O–H groups in total. The highest BCUT2D eigenvalue weighted by Gasteiger charge is 2.30. The molecular formula is C22H29N3O9S2. The van der Waals surface area contributed by atoms with Crippen LogP contribution < -0.4 is 19.5 Å². The molecule has 0 aromatic heterocycles. The Bertz CT molecular complexity index is 1310. The van der Waals surface area contributed by atoms with Crippen molar-refractivity contribution in [2.75, 3.05) is 66.5 Å². The van der Waals surface area contributed by atoms with E-state index in [1.807, 2.05) is 0 Å². The average molecular weight is 544 g/mol. The summed E-state index contributed by atoms with van der Waals surface area (Å²) in [6, 6.07) is 8.27. The van der Waals surface area contributed by atoms with Crippen molar-refractivity contribution in [2.24, 2.45) is 0 Å². The molecule has 1 heterocycles. The molecule has 0 atom stereocenters. The molecule has 0 bridgehead atoms. The van der Waals surface area contributed by atoms with E-state index in [1.165, 1.54) is 69.1 Å². The molecule has 3 rings (SSSR count). The number of benzene rings is 2. The summed E-state index contributed by atoms with van der Waals surface area (Å²) in [5, 5.41) is 2.55. The van der Waals surface area contributed by atoms with Crippen molar-refractivity contribution in [3.8, 4) is 17.2 Å². The third-order valence-electron chi connectivity index (χ3n) is 5.46. The highest BCUT2D eigenvalue weighted by molar-refractivity contribution is 7.89. The van der Waals surface area contributed by atoms with Crippen molar-refractivity contribution in [1.29, 1.82) is 0 Å². The van der Waals surface area contributed by atoms with Gasteiger partial charge in [0.25, 0.3) is 0 Å². The van der Waals surface area contributed by atoms with Crippen molar-refractivity contribution >= 4 is 31.6 Å². The van der Waals surface area contributed by atoms with Crippen LogP contribution in [0.25, 0.3) is 0 Å². The number of nitrogens with one attached hydrogen (secondary N) is 1. The molecule has 0 radical (unpaired) electrons. The highest BCUT2D eigenvalue weighted by atomic mass is 32.2. The molecule has 0 saturated carbocycles. The predicted octanol–water partition coefficient (Wildman–Crippen LogP) is 0.993.